The van der Waals surface area contributed by atoms with E-state index in [1.807, 2.05) is 6.92 Å². The number of ether oxygens (including phenoxy) is 2. The molecular weight excluding hydrogens is 208 g/mol. The monoisotopic (exact) mass is 224 g/mol. The molecule has 0 spiro atoms. The quantitative estimate of drug-likeness (QED) is 0.796. The summed E-state index contributed by atoms with van der Waals surface area (Å²) in [4.78, 5) is 11.5. The third kappa shape index (κ3) is 2.66. The van der Waals surface area contributed by atoms with Crippen LogP contribution in [-0.4, -0.2) is 23.8 Å². The van der Waals surface area contributed by atoms with E-state index in [0.717, 1.165) is 0 Å². The number of hydrogen-bond donors (Lipinski definition) is 1. The van der Waals surface area contributed by atoms with Gasteiger partial charge in [0.25, 0.3) is 0 Å². The predicted molar refractivity (Wildman–Crippen MR) is 59.4 cm³/mol. The summed E-state index contributed by atoms with van der Waals surface area (Å²) in [6, 6.07) is 6.21. The van der Waals surface area contributed by atoms with Crippen LogP contribution in [0.15, 0.2) is 24.3 Å². The molecule has 0 aliphatic rings. The summed E-state index contributed by atoms with van der Waals surface area (Å²) in [6.07, 6.45) is 0.501. The summed E-state index contributed by atoms with van der Waals surface area (Å²) in [5.41, 5.74) is -0.994. The van der Waals surface area contributed by atoms with Gasteiger partial charge in [-0.15, -0.1) is 0 Å². The highest BCUT2D eigenvalue weighted by atomic mass is 16.6. The molecule has 1 atom stereocenters. The zero-order valence-electron chi connectivity index (χ0n) is 9.69. The molecule has 88 valence electrons. The number of benzene rings is 1. The van der Waals surface area contributed by atoms with Gasteiger partial charge in [0.05, 0.1) is 7.11 Å². The zero-order valence-corrected chi connectivity index (χ0v) is 9.69. The number of aromatic hydroxyl groups is 1. The molecule has 0 amide bonds. The molecule has 0 aromatic heterocycles. The van der Waals surface area contributed by atoms with Crippen molar-refractivity contribution in [2.24, 2.45) is 0 Å². The van der Waals surface area contributed by atoms with Gasteiger partial charge in [-0.1, -0.05) is 6.92 Å². The minimum absolute atomic E-state index is 0.156. The molecule has 1 aromatic carbocycles. The van der Waals surface area contributed by atoms with Crippen molar-refractivity contribution in [3.05, 3.63) is 24.3 Å². The predicted octanol–water partition coefficient (Wildman–Crippen LogP) is 2.11. The van der Waals surface area contributed by atoms with Crippen LogP contribution in [0.2, 0.25) is 0 Å². The average Bonchev–Trinajstić information content (AvgIpc) is 2.31. The van der Waals surface area contributed by atoms with Gasteiger partial charge in [-0.2, -0.15) is 0 Å². The van der Waals surface area contributed by atoms with E-state index >= 15 is 0 Å². The van der Waals surface area contributed by atoms with Crippen LogP contribution in [0.5, 0.6) is 11.5 Å². The van der Waals surface area contributed by atoms with E-state index in [9.17, 15) is 4.79 Å². The van der Waals surface area contributed by atoms with E-state index in [-0.39, 0.29) is 5.75 Å². The van der Waals surface area contributed by atoms with Crippen molar-refractivity contribution in [3.63, 3.8) is 0 Å². The fraction of sp³-hybridized carbons (Fsp3) is 0.417. The van der Waals surface area contributed by atoms with Crippen LogP contribution in [0.3, 0.4) is 0 Å². The Bertz CT molecular complexity index is 358. The zero-order chi connectivity index (χ0) is 12.2. The van der Waals surface area contributed by atoms with Crippen LogP contribution in [0, 0.1) is 0 Å². The second kappa shape index (κ2) is 4.88. The van der Waals surface area contributed by atoms with Crippen LogP contribution < -0.4 is 4.74 Å². The van der Waals surface area contributed by atoms with Crippen molar-refractivity contribution in [1.29, 1.82) is 0 Å². The van der Waals surface area contributed by atoms with Crippen LogP contribution in [0.1, 0.15) is 20.3 Å². The standard InChI is InChI=1S/C12H16O4/c1-4-12(2,11(14)15-3)16-10-7-5-9(13)6-8-10/h5-8,13H,4H2,1-3H3/t12-/m1/s1. The molecule has 0 saturated carbocycles. The maximum atomic E-state index is 11.5. The Kier molecular flexibility index (Phi) is 3.77. The molecular formula is C12H16O4. The molecule has 0 aliphatic heterocycles. The number of methoxy groups -OCH3 is 1. The summed E-state index contributed by atoms with van der Waals surface area (Å²) < 4.78 is 10.3. The van der Waals surface area contributed by atoms with Crippen molar-refractivity contribution >= 4 is 5.97 Å². The maximum absolute atomic E-state index is 11.5. The van der Waals surface area contributed by atoms with Gasteiger partial charge in [-0.25, -0.2) is 4.79 Å². The molecule has 4 nitrogen and oxygen atoms in total. The highest BCUT2D eigenvalue weighted by molar-refractivity contribution is 5.79. The van der Waals surface area contributed by atoms with Gasteiger partial charge in [0, 0.05) is 0 Å². The minimum atomic E-state index is -0.994. The molecule has 0 unspecified atom stereocenters. The van der Waals surface area contributed by atoms with E-state index in [0.29, 0.717) is 12.2 Å². The summed E-state index contributed by atoms with van der Waals surface area (Å²) >= 11 is 0. The molecule has 1 aromatic rings. The Morgan fingerprint density at radius 1 is 1.38 bits per heavy atom. The highest BCUT2D eigenvalue weighted by Crippen LogP contribution is 2.24. The SMILES string of the molecule is CC[C@@](C)(Oc1ccc(O)cc1)C(=O)OC. The van der Waals surface area contributed by atoms with Gasteiger partial charge in [0.2, 0.25) is 5.60 Å². The molecule has 16 heavy (non-hydrogen) atoms. The third-order valence-electron chi connectivity index (χ3n) is 2.47. The first-order valence-electron chi connectivity index (χ1n) is 5.08. The molecule has 1 rings (SSSR count). The average molecular weight is 224 g/mol. The van der Waals surface area contributed by atoms with E-state index < -0.39 is 11.6 Å². The summed E-state index contributed by atoms with van der Waals surface area (Å²) in [5.74, 6) is 0.263. The Labute approximate surface area is 94.8 Å². The van der Waals surface area contributed by atoms with Crippen molar-refractivity contribution in [2.75, 3.05) is 7.11 Å². The Morgan fingerprint density at radius 3 is 2.38 bits per heavy atom. The van der Waals surface area contributed by atoms with E-state index in [4.69, 9.17) is 9.84 Å². The number of phenols is 1. The van der Waals surface area contributed by atoms with Crippen LogP contribution in [0.4, 0.5) is 0 Å². The molecule has 4 heteroatoms. The van der Waals surface area contributed by atoms with Crippen molar-refractivity contribution < 1.29 is 19.4 Å². The van der Waals surface area contributed by atoms with Crippen molar-refractivity contribution in [3.8, 4) is 11.5 Å². The summed E-state index contributed by atoms with van der Waals surface area (Å²) in [5, 5.41) is 9.12. The van der Waals surface area contributed by atoms with Crippen LogP contribution >= 0.6 is 0 Å². The van der Waals surface area contributed by atoms with Gasteiger partial charge in [0.15, 0.2) is 0 Å². The summed E-state index contributed by atoms with van der Waals surface area (Å²) in [7, 11) is 1.33. The maximum Gasteiger partial charge on any atom is 0.349 e. The lowest BCUT2D eigenvalue weighted by Gasteiger charge is -2.26. The molecule has 1 N–H and O–H groups in total. The molecule has 0 aliphatic carbocycles. The lowest BCUT2D eigenvalue weighted by molar-refractivity contribution is -0.157. The molecule has 0 saturated heterocycles. The highest BCUT2D eigenvalue weighted by Gasteiger charge is 2.34. The molecule has 0 radical (unpaired) electrons. The van der Waals surface area contributed by atoms with Crippen LogP contribution in [0.25, 0.3) is 0 Å². The smallest absolute Gasteiger partial charge is 0.349 e. The van der Waals surface area contributed by atoms with Gasteiger partial charge < -0.3 is 14.6 Å². The van der Waals surface area contributed by atoms with E-state index in [2.05, 4.69) is 4.74 Å². The normalized spacial score (nSPS) is 13.9. The Hall–Kier alpha value is -1.71. The summed E-state index contributed by atoms with van der Waals surface area (Å²) in [6.45, 7) is 3.52. The van der Waals surface area contributed by atoms with Crippen LogP contribution in [-0.2, 0) is 9.53 Å². The molecule has 0 heterocycles. The number of carbonyl (C=O) groups excluding carboxylic acids is 1. The molecule has 0 bridgehead atoms. The van der Waals surface area contributed by atoms with E-state index in [1.165, 1.54) is 19.2 Å². The second-order valence-corrected chi connectivity index (χ2v) is 3.67. The van der Waals surface area contributed by atoms with Crippen molar-refractivity contribution in [1.82, 2.24) is 0 Å². The third-order valence-corrected chi connectivity index (χ3v) is 2.47. The minimum Gasteiger partial charge on any atom is -0.508 e. The fourth-order valence-electron chi connectivity index (χ4n) is 1.25. The van der Waals surface area contributed by atoms with Crippen molar-refractivity contribution in [2.45, 2.75) is 25.9 Å². The number of esters is 1. The van der Waals surface area contributed by atoms with E-state index in [1.54, 1.807) is 19.1 Å². The first kappa shape index (κ1) is 12.4. The lowest BCUT2D eigenvalue weighted by atomic mass is 10.0. The largest absolute Gasteiger partial charge is 0.508 e. The fourth-order valence-corrected chi connectivity index (χ4v) is 1.25. The van der Waals surface area contributed by atoms with Gasteiger partial charge in [0.1, 0.15) is 11.5 Å². The first-order valence-corrected chi connectivity index (χ1v) is 5.08. The molecule has 0 fully saturated rings. The Morgan fingerprint density at radius 2 is 1.94 bits per heavy atom. The van der Waals surface area contributed by atoms with Gasteiger partial charge in [-0.05, 0) is 37.6 Å². The topological polar surface area (TPSA) is 55.8 Å². The van der Waals surface area contributed by atoms with Gasteiger partial charge in [-0.3, -0.25) is 0 Å². The second-order valence-electron chi connectivity index (χ2n) is 3.67. The Balaban J connectivity index is 2.84. The number of phenolic OH excluding ortho intramolecular Hbond substituents is 1. The number of carbonyl (C=O) groups is 1. The lowest BCUT2D eigenvalue weighted by Crippen LogP contribution is -2.41. The number of hydrogen-bond acceptors (Lipinski definition) is 4. The first-order chi connectivity index (χ1) is 7.51. The number of rotatable bonds is 4. The van der Waals surface area contributed by atoms with Gasteiger partial charge >= 0.3 is 5.97 Å².